The van der Waals surface area contributed by atoms with Gasteiger partial charge in [0.15, 0.2) is 5.82 Å². The third kappa shape index (κ3) is 1.01. The second kappa shape index (κ2) is 2.27. The Balaban J connectivity index is 2.87. The molecule has 0 spiro atoms. The van der Waals surface area contributed by atoms with Crippen LogP contribution in [0.1, 0.15) is 5.69 Å². The van der Waals surface area contributed by atoms with E-state index >= 15 is 0 Å². The maximum atomic E-state index is 12.9. The van der Waals surface area contributed by atoms with Gasteiger partial charge < -0.3 is 0 Å². The molecular formula is C8H6FNS. The third-order valence-corrected chi connectivity index (χ3v) is 2.42. The maximum absolute atomic E-state index is 12.9. The van der Waals surface area contributed by atoms with E-state index < -0.39 is 0 Å². The fourth-order valence-electron chi connectivity index (χ4n) is 0.981. The molecular weight excluding hydrogens is 161 g/mol. The maximum Gasteiger partial charge on any atom is 0.160 e. The molecule has 0 atom stereocenters. The number of nitrogens with zero attached hydrogens (tertiary/aromatic N) is 1. The molecule has 0 saturated carbocycles. The first-order valence-corrected chi connectivity index (χ1v) is 4.16. The van der Waals surface area contributed by atoms with Gasteiger partial charge in [0.05, 0.1) is 4.70 Å². The lowest BCUT2D eigenvalue weighted by Crippen LogP contribution is -1.80. The lowest BCUT2D eigenvalue weighted by Gasteiger charge is -1.90. The lowest BCUT2D eigenvalue weighted by molar-refractivity contribution is 0.641. The minimum Gasteiger partial charge on any atom is -0.249 e. The van der Waals surface area contributed by atoms with Crippen LogP contribution in [0.15, 0.2) is 17.5 Å². The van der Waals surface area contributed by atoms with Crippen molar-refractivity contribution in [3.05, 3.63) is 29.0 Å². The summed E-state index contributed by atoms with van der Waals surface area (Å²) >= 11 is 1.39. The van der Waals surface area contributed by atoms with Crippen molar-refractivity contribution in [1.29, 1.82) is 0 Å². The van der Waals surface area contributed by atoms with Crippen LogP contribution in [0.3, 0.4) is 0 Å². The zero-order valence-corrected chi connectivity index (χ0v) is 6.78. The van der Waals surface area contributed by atoms with E-state index in [1.165, 1.54) is 16.7 Å². The molecule has 0 radical (unpaired) electrons. The van der Waals surface area contributed by atoms with Crippen LogP contribution in [-0.4, -0.2) is 4.98 Å². The van der Waals surface area contributed by atoms with Crippen LogP contribution >= 0.6 is 11.3 Å². The largest absolute Gasteiger partial charge is 0.249 e. The zero-order valence-electron chi connectivity index (χ0n) is 5.97. The molecule has 0 aliphatic rings. The highest BCUT2D eigenvalue weighted by atomic mass is 32.1. The molecule has 0 unspecified atom stereocenters. The summed E-state index contributed by atoms with van der Waals surface area (Å²) in [7, 11) is 0. The van der Waals surface area contributed by atoms with Crippen LogP contribution in [0.2, 0.25) is 0 Å². The van der Waals surface area contributed by atoms with Crippen LogP contribution < -0.4 is 0 Å². The van der Waals surface area contributed by atoms with E-state index in [4.69, 9.17) is 0 Å². The summed E-state index contributed by atoms with van der Waals surface area (Å²) in [5.74, 6) is -0.214. The van der Waals surface area contributed by atoms with Crippen molar-refractivity contribution >= 4 is 21.6 Å². The summed E-state index contributed by atoms with van der Waals surface area (Å²) in [6.07, 6.45) is 0. The quantitative estimate of drug-likeness (QED) is 0.588. The highest BCUT2D eigenvalue weighted by Gasteiger charge is 2.03. The van der Waals surface area contributed by atoms with Gasteiger partial charge in [0.2, 0.25) is 0 Å². The Labute approximate surface area is 67.5 Å². The van der Waals surface area contributed by atoms with Gasteiger partial charge in [0, 0.05) is 11.1 Å². The fourth-order valence-corrected chi connectivity index (χ4v) is 1.72. The standard InChI is InChI=1S/C8H6FNS/c1-5-2-3-7-8(10-5)6(9)4-11-7/h2-4H,1H3. The smallest absolute Gasteiger partial charge is 0.160 e. The second-order valence-electron chi connectivity index (χ2n) is 2.38. The minimum absolute atomic E-state index is 0.214. The van der Waals surface area contributed by atoms with Crippen LogP contribution in [0.5, 0.6) is 0 Å². The van der Waals surface area contributed by atoms with Gasteiger partial charge >= 0.3 is 0 Å². The molecule has 0 N–H and O–H groups in total. The summed E-state index contributed by atoms with van der Waals surface area (Å²) in [5.41, 5.74) is 1.35. The molecule has 0 fully saturated rings. The van der Waals surface area contributed by atoms with Gasteiger partial charge in [-0.15, -0.1) is 11.3 Å². The number of rotatable bonds is 0. The van der Waals surface area contributed by atoms with E-state index in [0.717, 1.165) is 10.4 Å². The Kier molecular flexibility index (Phi) is 1.39. The topological polar surface area (TPSA) is 12.9 Å². The molecule has 2 aromatic heterocycles. The monoisotopic (exact) mass is 167 g/mol. The Morgan fingerprint density at radius 3 is 3.09 bits per heavy atom. The predicted octanol–water partition coefficient (Wildman–Crippen LogP) is 2.74. The second-order valence-corrected chi connectivity index (χ2v) is 3.29. The Bertz CT molecular complexity index is 394. The van der Waals surface area contributed by atoms with Gasteiger partial charge in [-0.25, -0.2) is 9.37 Å². The number of pyridine rings is 1. The highest BCUT2D eigenvalue weighted by Crippen LogP contribution is 2.22. The molecule has 56 valence electrons. The van der Waals surface area contributed by atoms with Crippen molar-refractivity contribution in [2.75, 3.05) is 0 Å². The van der Waals surface area contributed by atoms with E-state index in [9.17, 15) is 4.39 Å². The van der Waals surface area contributed by atoms with E-state index in [-0.39, 0.29) is 5.82 Å². The first kappa shape index (κ1) is 6.73. The van der Waals surface area contributed by atoms with Gasteiger partial charge in [-0.3, -0.25) is 0 Å². The number of thiophene rings is 1. The molecule has 0 aliphatic carbocycles. The van der Waals surface area contributed by atoms with E-state index in [0.29, 0.717) is 5.52 Å². The number of fused-ring (bicyclic) bond motifs is 1. The molecule has 1 nitrogen and oxygen atoms in total. The van der Waals surface area contributed by atoms with Crippen molar-refractivity contribution < 1.29 is 4.39 Å². The Hall–Kier alpha value is -0.960. The molecule has 2 rings (SSSR count). The van der Waals surface area contributed by atoms with Crippen molar-refractivity contribution in [1.82, 2.24) is 4.98 Å². The lowest BCUT2D eigenvalue weighted by atomic mass is 10.3. The average molecular weight is 167 g/mol. The number of aromatic nitrogens is 1. The first-order valence-electron chi connectivity index (χ1n) is 3.28. The van der Waals surface area contributed by atoms with Crippen LogP contribution in [0.4, 0.5) is 4.39 Å². The highest BCUT2D eigenvalue weighted by molar-refractivity contribution is 7.17. The van der Waals surface area contributed by atoms with Gasteiger partial charge in [0.1, 0.15) is 5.52 Å². The predicted molar refractivity (Wildman–Crippen MR) is 44.3 cm³/mol. The van der Waals surface area contributed by atoms with Crippen LogP contribution in [0.25, 0.3) is 10.2 Å². The van der Waals surface area contributed by atoms with Gasteiger partial charge in [-0.2, -0.15) is 0 Å². The van der Waals surface area contributed by atoms with Crippen molar-refractivity contribution in [2.45, 2.75) is 6.92 Å². The molecule has 0 aromatic carbocycles. The van der Waals surface area contributed by atoms with E-state index in [1.807, 2.05) is 19.1 Å². The molecule has 3 heteroatoms. The van der Waals surface area contributed by atoms with Gasteiger partial charge in [-0.1, -0.05) is 0 Å². The summed E-state index contributed by atoms with van der Waals surface area (Å²) in [5, 5.41) is 1.48. The molecule has 11 heavy (non-hydrogen) atoms. The third-order valence-electron chi connectivity index (χ3n) is 1.51. The van der Waals surface area contributed by atoms with Crippen molar-refractivity contribution in [3.63, 3.8) is 0 Å². The van der Waals surface area contributed by atoms with Crippen LogP contribution in [0, 0.1) is 12.7 Å². The fraction of sp³-hybridized carbons (Fsp3) is 0.125. The Morgan fingerprint density at radius 2 is 2.27 bits per heavy atom. The molecule has 2 heterocycles. The summed E-state index contributed by atoms with van der Waals surface area (Å²) in [6.45, 7) is 1.86. The summed E-state index contributed by atoms with van der Waals surface area (Å²) < 4.78 is 13.8. The first-order chi connectivity index (χ1) is 5.27. The molecule has 0 bridgehead atoms. The average Bonchev–Trinajstić information content (AvgIpc) is 2.33. The number of hydrogen-bond donors (Lipinski definition) is 0. The molecule has 0 amide bonds. The zero-order chi connectivity index (χ0) is 7.84. The number of halogens is 1. The summed E-state index contributed by atoms with van der Waals surface area (Å²) in [4.78, 5) is 4.07. The number of aryl methyl sites for hydroxylation is 1. The van der Waals surface area contributed by atoms with E-state index in [1.54, 1.807) is 0 Å². The summed E-state index contributed by atoms with van der Waals surface area (Å²) in [6, 6.07) is 3.78. The van der Waals surface area contributed by atoms with Crippen molar-refractivity contribution in [3.8, 4) is 0 Å². The SMILES string of the molecule is Cc1ccc2scc(F)c2n1. The van der Waals surface area contributed by atoms with Crippen LogP contribution in [-0.2, 0) is 0 Å². The van der Waals surface area contributed by atoms with E-state index in [2.05, 4.69) is 4.98 Å². The van der Waals surface area contributed by atoms with Crippen molar-refractivity contribution in [2.24, 2.45) is 0 Å². The molecule has 2 aromatic rings. The normalized spacial score (nSPS) is 10.7. The van der Waals surface area contributed by atoms with Gasteiger partial charge in [-0.05, 0) is 19.1 Å². The molecule has 0 saturated heterocycles. The minimum atomic E-state index is -0.214. The molecule has 0 aliphatic heterocycles. The Morgan fingerprint density at radius 1 is 1.45 bits per heavy atom. The van der Waals surface area contributed by atoms with Gasteiger partial charge in [0.25, 0.3) is 0 Å². The number of hydrogen-bond acceptors (Lipinski definition) is 2.